The molecule has 0 bridgehead atoms. The molecule has 0 atom stereocenters. The molecule has 0 amide bonds. The predicted molar refractivity (Wildman–Crippen MR) is 66.1 cm³/mol. The second kappa shape index (κ2) is 6.10. The second-order valence-corrected chi connectivity index (χ2v) is 7.68. The number of pyridine rings is 1. The van der Waals surface area contributed by atoms with Gasteiger partial charge < -0.3 is 0 Å². The molecule has 0 spiro atoms. The topological polar surface area (TPSA) is 24.9 Å². The summed E-state index contributed by atoms with van der Waals surface area (Å²) in [5.41, 5.74) is 0. The third-order valence-corrected chi connectivity index (χ3v) is 4.79. The summed E-state index contributed by atoms with van der Waals surface area (Å²) in [6.45, 7) is 0. The second-order valence-electron chi connectivity index (χ2n) is 3.96. The normalized spacial score (nSPS) is 18.2. The number of halogens is 2. The van der Waals surface area contributed by atoms with Gasteiger partial charge in [-0.3, -0.25) is 0 Å². The minimum atomic E-state index is -1.10. The Balaban J connectivity index is 2.07. The van der Waals surface area contributed by atoms with Crippen LogP contribution in [0.25, 0.3) is 0 Å². The molecule has 0 aliphatic heterocycles. The van der Waals surface area contributed by atoms with Crippen molar-refractivity contribution >= 4 is 30.6 Å². The maximum absolute atomic E-state index is 5.97. The number of hydrogen-bond donors (Lipinski definition) is 1. The van der Waals surface area contributed by atoms with Crippen molar-refractivity contribution in [2.75, 3.05) is 5.32 Å². The van der Waals surface area contributed by atoms with Gasteiger partial charge in [-0.2, -0.15) is 0 Å². The summed E-state index contributed by atoms with van der Waals surface area (Å²) < 4.78 is 0.934. The van der Waals surface area contributed by atoms with Gasteiger partial charge in [0, 0.05) is 0 Å². The van der Waals surface area contributed by atoms with Crippen LogP contribution in [0.5, 0.6) is 0 Å². The molecule has 1 fully saturated rings. The van der Waals surface area contributed by atoms with Crippen molar-refractivity contribution < 1.29 is 11.9 Å². The van der Waals surface area contributed by atoms with Gasteiger partial charge in [0.05, 0.1) is 0 Å². The van der Waals surface area contributed by atoms with E-state index in [4.69, 9.17) is 20.3 Å². The number of nitrogens with zero attached hydrogens (tertiary/aromatic N) is 1. The Bertz CT molecular complexity index is 341. The first-order valence-corrected chi connectivity index (χ1v) is 8.85. The zero-order valence-electron chi connectivity index (χ0n) is 8.88. The molecule has 16 heavy (non-hydrogen) atoms. The van der Waals surface area contributed by atoms with Crippen molar-refractivity contribution in [1.29, 1.82) is 0 Å². The molecule has 1 aromatic heterocycles. The Morgan fingerprint density at radius 1 is 1.25 bits per heavy atom. The molecular weight excluding hydrogens is 290 g/mol. The average molecular weight is 305 g/mol. The maximum atomic E-state index is 5.97. The molecule has 1 aliphatic carbocycles. The van der Waals surface area contributed by atoms with Gasteiger partial charge in [-0.25, -0.2) is 0 Å². The first-order chi connectivity index (χ1) is 7.77. The number of rotatable bonds is 3. The molecule has 5 heteroatoms. The Morgan fingerprint density at radius 2 is 2.00 bits per heavy atom. The summed E-state index contributed by atoms with van der Waals surface area (Å²) in [4.78, 5) is 4.33. The summed E-state index contributed by atoms with van der Waals surface area (Å²) in [6.07, 6.45) is 8.18. The third-order valence-electron chi connectivity index (χ3n) is 2.82. The van der Waals surface area contributed by atoms with Crippen LogP contribution in [0, 0.1) is 0 Å². The van der Waals surface area contributed by atoms with Gasteiger partial charge >= 0.3 is 109 Å². The standard InChI is InChI=1S/C11H15N2.2ClH.Co/c1-2-6-10(7-3-1)13-11-8-4-5-9-12-11;;;/h4-5,9-10H,1-3,6-7H2,(H,12,13);2*1H;/q;;;+2/p-2. The molecule has 92 valence electrons. The fourth-order valence-corrected chi connectivity index (χ4v) is 3.42. The van der Waals surface area contributed by atoms with Crippen molar-refractivity contribution in [3.63, 3.8) is 0 Å². The summed E-state index contributed by atoms with van der Waals surface area (Å²) in [5.74, 6) is 0.865. The van der Waals surface area contributed by atoms with Gasteiger partial charge in [0.1, 0.15) is 0 Å². The van der Waals surface area contributed by atoms with Crippen LogP contribution in [0.2, 0.25) is 0 Å². The monoisotopic (exact) mass is 304 g/mol. The van der Waals surface area contributed by atoms with Crippen LogP contribution in [0.1, 0.15) is 32.1 Å². The SMILES string of the molecule is [Cl][Co]([Cl])[c]1cccnc1NC1CCCCC1. The van der Waals surface area contributed by atoms with Gasteiger partial charge in [0.15, 0.2) is 0 Å². The summed E-state index contributed by atoms with van der Waals surface area (Å²) >= 11 is -1.10. The molecule has 1 heterocycles. The average Bonchev–Trinajstić information content (AvgIpc) is 2.31. The molecular formula is C11H15Cl2CoN2. The fraction of sp³-hybridized carbons (Fsp3) is 0.545. The Morgan fingerprint density at radius 3 is 2.69 bits per heavy atom. The van der Waals surface area contributed by atoms with E-state index >= 15 is 0 Å². The molecule has 1 aromatic rings. The van der Waals surface area contributed by atoms with E-state index in [2.05, 4.69) is 10.3 Å². The third kappa shape index (κ3) is 3.26. The molecule has 1 saturated carbocycles. The Labute approximate surface area is 109 Å². The fourth-order valence-electron chi connectivity index (χ4n) is 2.02. The van der Waals surface area contributed by atoms with Crippen molar-refractivity contribution in [3.05, 3.63) is 18.3 Å². The minimum absolute atomic E-state index is 0.533. The van der Waals surface area contributed by atoms with E-state index in [1.54, 1.807) is 6.20 Å². The van der Waals surface area contributed by atoms with E-state index in [-0.39, 0.29) is 0 Å². The van der Waals surface area contributed by atoms with Crippen molar-refractivity contribution in [3.8, 4) is 0 Å². The van der Waals surface area contributed by atoms with Crippen LogP contribution < -0.4 is 9.81 Å². The first-order valence-electron chi connectivity index (χ1n) is 5.46. The molecule has 1 N–H and O–H groups in total. The van der Waals surface area contributed by atoms with Crippen LogP contribution in [0.4, 0.5) is 5.82 Å². The van der Waals surface area contributed by atoms with Gasteiger partial charge in [-0.1, -0.05) is 0 Å². The van der Waals surface area contributed by atoms with Crippen molar-refractivity contribution in [2.45, 2.75) is 38.1 Å². The predicted octanol–water partition coefficient (Wildman–Crippen LogP) is 3.38. The van der Waals surface area contributed by atoms with E-state index in [1.807, 2.05) is 12.1 Å². The summed E-state index contributed by atoms with van der Waals surface area (Å²) in [7, 11) is 11.9. The van der Waals surface area contributed by atoms with E-state index in [0.29, 0.717) is 6.04 Å². The van der Waals surface area contributed by atoms with Crippen LogP contribution in [0.15, 0.2) is 18.3 Å². The van der Waals surface area contributed by atoms with Gasteiger partial charge in [0.2, 0.25) is 0 Å². The number of anilines is 1. The molecule has 2 rings (SSSR count). The number of aromatic nitrogens is 1. The van der Waals surface area contributed by atoms with E-state index in [9.17, 15) is 0 Å². The molecule has 0 unspecified atom stereocenters. The van der Waals surface area contributed by atoms with Gasteiger partial charge in [-0.05, 0) is 0 Å². The van der Waals surface area contributed by atoms with Crippen molar-refractivity contribution in [2.24, 2.45) is 0 Å². The molecule has 0 aromatic carbocycles. The zero-order valence-corrected chi connectivity index (χ0v) is 11.4. The van der Waals surface area contributed by atoms with Crippen molar-refractivity contribution in [1.82, 2.24) is 4.98 Å². The van der Waals surface area contributed by atoms with E-state index < -0.39 is 11.9 Å². The van der Waals surface area contributed by atoms with Crippen LogP contribution in [-0.2, 0) is 11.9 Å². The van der Waals surface area contributed by atoms with Gasteiger partial charge in [-0.15, -0.1) is 0 Å². The number of nitrogens with one attached hydrogen (secondary N) is 1. The molecule has 0 saturated heterocycles. The molecule has 1 aliphatic rings. The molecule has 2 nitrogen and oxygen atoms in total. The Hall–Kier alpha value is 0.0365. The first kappa shape index (κ1) is 12.5. The quantitative estimate of drug-likeness (QED) is 0.926. The van der Waals surface area contributed by atoms with Crippen LogP contribution >= 0.6 is 20.3 Å². The zero-order chi connectivity index (χ0) is 11.4. The Kier molecular flexibility index (Phi) is 4.76. The van der Waals surface area contributed by atoms with E-state index in [0.717, 1.165) is 10.3 Å². The molecule has 0 radical (unpaired) electrons. The summed E-state index contributed by atoms with van der Waals surface area (Å²) in [5, 5.41) is 3.47. The van der Waals surface area contributed by atoms with Crippen LogP contribution in [-0.4, -0.2) is 11.0 Å². The summed E-state index contributed by atoms with van der Waals surface area (Å²) in [6, 6.07) is 4.36. The number of hydrogen-bond acceptors (Lipinski definition) is 2. The van der Waals surface area contributed by atoms with Crippen LogP contribution in [0.3, 0.4) is 0 Å². The van der Waals surface area contributed by atoms with Gasteiger partial charge in [0.25, 0.3) is 0 Å². The van der Waals surface area contributed by atoms with E-state index in [1.165, 1.54) is 32.1 Å².